The van der Waals surface area contributed by atoms with Crippen LogP contribution in [0.1, 0.15) is 27.7 Å². The molecule has 2 rings (SSSR count). The molecule has 2 atom stereocenters. The fourth-order valence-corrected chi connectivity index (χ4v) is 3.45. The Hall–Kier alpha value is -3.37. The molecule has 2 aromatic rings. The second kappa shape index (κ2) is 11.2. The summed E-state index contributed by atoms with van der Waals surface area (Å²) >= 11 is 0. The van der Waals surface area contributed by atoms with Gasteiger partial charge in [0, 0.05) is 28.0 Å². The molecule has 34 heavy (non-hydrogen) atoms. The summed E-state index contributed by atoms with van der Waals surface area (Å²) in [7, 11) is -4.72. The van der Waals surface area contributed by atoms with Gasteiger partial charge < -0.3 is 18.9 Å². The normalized spacial score (nSPS) is 13.0. The van der Waals surface area contributed by atoms with Crippen molar-refractivity contribution in [1.82, 2.24) is 0 Å². The van der Waals surface area contributed by atoms with Crippen molar-refractivity contribution in [3.63, 3.8) is 0 Å². The number of rotatable bonds is 11. The first-order chi connectivity index (χ1) is 15.8. The van der Waals surface area contributed by atoms with Crippen molar-refractivity contribution >= 4 is 32.8 Å². The number of benzene rings is 2. The molecule has 0 radical (unpaired) electrons. The Morgan fingerprint density at radius 3 is 1.85 bits per heavy atom. The first-order valence-electron chi connectivity index (χ1n) is 10.3. The van der Waals surface area contributed by atoms with Gasteiger partial charge in [0.1, 0.15) is 41.8 Å². The lowest BCUT2D eigenvalue weighted by Gasteiger charge is -2.20. The van der Waals surface area contributed by atoms with Crippen molar-refractivity contribution < 1.29 is 41.5 Å². The van der Waals surface area contributed by atoms with Crippen molar-refractivity contribution in [3.05, 3.63) is 54.6 Å². The topological polar surface area (TPSA) is 125 Å². The maximum Gasteiger partial charge on any atom is 0.333 e. The Bertz CT molecular complexity index is 1210. The molecule has 2 aromatic carbocycles. The van der Waals surface area contributed by atoms with Crippen molar-refractivity contribution in [2.75, 3.05) is 13.2 Å². The summed E-state index contributed by atoms with van der Waals surface area (Å²) in [5.74, 6) is -1.17. The highest BCUT2D eigenvalue weighted by molar-refractivity contribution is 7.86. The maximum absolute atomic E-state index is 12.2. The van der Waals surface area contributed by atoms with E-state index >= 15 is 0 Å². The van der Waals surface area contributed by atoms with E-state index < -0.39 is 39.2 Å². The average molecular weight is 493 g/mol. The number of hydrogen-bond acceptors (Lipinski definition) is 8. The minimum atomic E-state index is -4.72. The standard InChI is InChI=1S/C24H28O9S/c1-14(2)23(25)32-16(5)12-30-20-11-21(34(27,28)29)22(19-10-8-7-9-18(19)20)31-13-17(6)33-24(26)15(3)4/h7-11,16-17H,1,3,12-13H2,2,4-6H3,(H,27,28,29). The third-order valence-corrected chi connectivity index (χ3v) is 5.31. The van der Waals surface area contributed by atoms with E-state index in [-0.39, 0.29) is 35.9 Å². The largest absolute Gasteiger partial charge is 0.489 e. The van der Waals surface area contributed by atoms with Gasteiger partial charge in [0.25, 0.3) is 10.1 Å². The highest BCUT2D eigenvalue weighted by Crippen LogP contribution is 2.39. The average Bonchev–Trinajstić information content (AvgIpc) is 2.75. The zero-order chi connectivity index (χ0) is 25.6. The van der Waals surface area contributed by atoms with Crippen LogP contribution in [0.15, 0.2) is 59.5 Å². The van der Waals surface area contributed by atoms with E-state index in [9.17, 15) is 22.6 Å². The monoisotopic (exact) mass is 492 g/mol. The van der Waals surface area contributed by atoms with Crippen molar-refractivity contribution in [2.45, 2.75) is 44.8 Å². The highest BCUT2D eigenvalue weighted by Gasteiger charge is 2.24. The van der Waals surface area contributed by atoms with Crippen LogP contribution in [0.3, 0.4) is 0 Å². The summed E-state index contributed by atoms with van der Waals surface area (Å²) in [5, 5.41) is 0.840. The fraction of sp³-hybridized carbons (Fsp3) is 0.333. The minimum Gasteiger partial charge on any atom is -0.489 e. The van der Waals surface area contributed by atoms with Crippen LogP contribution in [0.5, 0.6) is 11.5 Å². The molecule has 0 amide bonds. The highest BCUT2D eigenvalue weighted by atomic mass is 32.2. The molecule has 0 aromatic heterocycles. The van der Waals surface area contributed by atoms with Gasteiger partial charge >= 0.3 is 11.9 Å². The summed E-state index contributed by atoms with van der Waals surface area (Å²) in [5.41, 5.74) is 0.441. The van der Waals surface area contributed by atoms with Gasteiger partial charge in [-0.3, -0.25) is 4.55 Å². The lowest BCUT2D eigenvalue weighted by Crippen LogP contribution is -2.23. The fourth-order valence-electron chi connectivity index (χ4n) is 2.79. The van der Waals surface area contributed by atoms with Gasteiger partial charge in [0.05, 0.1) is 0 Å². The van der Waals surface area contributed by atoms with E-state index in [0.29, 0.717) is 10.8 Å². The van der Waals surface area contributed by atoms with Gasteiger partial charge in [0.2, 0.25) is 0 Å². The molecule has 0 aliphatic rings. The van der Waals surface area contributed by atoms with E-state index in [1.165, 1.54) is 13.8 Å². The third kappa shape index (κ3) is 7.06. The summed E-state index contributed by atoms with van der Waals surface area (Å²) in [4.78, 5) is 22.9. The van der Waals surface area contributed by atoms with Crippen LogP contribution < -0.4 is 9.47 Å². The second-order valence-corrected chi connectivity index (χ2v) is 9.23. The van der Waals surface area contributed by atoms with Crippen LogP contribution in [0, 0.1) is 0 Å². The molecule has 184 valence electrons. The first kappa shape index (κ1) is 26.9. The number of carbonyl (C=O) groups is 2. The van der Waals surface area contributed by atoms with Crippen LogP contribution in [-0.4, -0.2) is 50.3 Å². The van der Waals surface area contributed by atoms with Crippen LogP contribution in [0.4, 0.5) is 0 Å². The van der Waals surface area contributed by atoms with Gasteiger partial charge in [-0.25, -0.2) is 9.59 Å². The second-order valence-electron chi connectivity index (χ2n) is 7.84. The van der Waals surface area contributed by atoms with Crippen molar-refractivity contribution in [1.29, 1.82) is 0 Å². The van der Waals surface area contributed by atoms with E-state index in [1.807, 2.05) is 0 Å². The van der Waals surface area contributed by atoms with Crippen LogP contribution >= 0.6 is 0 Å². The molecule has 2 unspecified atom stereocenters. The molecule has 0 fully saturated rings. The van der Waals surface area contributed by atoms with Crippen LogP contribution in [0.25, 0.3) is 10.8 Å². The third-order valence-electron chi connectivity index (χ3n) is 4.45. The lowest BCUT2D eigenvalue weighted by atomic mass is 10.1. The molecule has 10 heteroatoms. The summed E-state index contributed by atoms with van der Waals surface area (Å²) in [6, 6.07) is 7.79. The summed E-state index contributed by atoms with van der Waals surface area (Å²) < 4.78 is 56.0. The minimum absolute atomic E-state index is 0.0813. The molecule has 9 nitrogen and oxygen atoms in total. The molecule has 0 saturated carbocycles. The van der Waals surface area contributed by atoms with E-state index in [0.717, 1.165) is 6.07 Å². The Balaban J connectivity index is 2.38. The number of fused-ring (bicyclic) bond motifs is 1. The molecule has 0 bridgehead atoms. The van der Waals surface area contributed by atoms with Crippen LogP contribution in [0.2, 0.25) is 0 Å². The lowest BCUT2D eigenvalue weighted by molar-refractivity contribution is -0.145. The number of carbonyl (C=O) groups excluding carboxylic acids is 2. The van der Waals surface area contributed by atoms with Gasteiger partial charge in [0.15, 0.2) is 0 Å². The molecule has 0 saturated heterocycles. The first-order valence-corrected chi connectivity index (χ1v) is 11.8. The van der Waals surface area contributed by atoms with Crippen molar-refractivity contribution in [2.24, 2.45) is 0 Å². The van der Waals surface area contributed by atoms with E-state index in [4.69, 9.17) is 18.9 Å². The predicted molar refractivity (Wildman–Crippen MR) is 125 cm³/mol. The van der Waals surface area contributed by atoms with Gasteiger partial charge in [-0.2, -0.15) is 8.42 Å². The smallest absolute Gasteiger partial charge is 0.333 e. The Kier molecular flexibility index (Phi) is 8.83. The van der Waals surface area contributed by atoms with Gasteiger partial charge in [-0.15, -0.1) is 0 Å². The quantitative estimate of drug-likeness (QED) is 0.283. The number of ether oxygens (including phenoxy) is 4. The molecule has 0 aliphatic heterocycles. The summed E-state index contributed by atoms with van der Waals surface area (Å²) in [6.07, 6.45) is -1.38. The van der Waals surface area contributed by atoms with Gasteiger partial charge in [-0.05, 0) is 27.7 Å². The number of esters is 2. The molecular weight excluding hydrogens is 464 g/mol. The van der Waals surface area contributed by atoms with Crippen LogP contribution in [-0.2, 0) is 29.2 Å². The zero-order valence-electron chi connectivity index (χ0n) is 19.5. The molecule has 0 heterocycles. The Morgan fingerprint density at radius 2 is 1.38 bits per heavy atom. The molecule has 0 aliphatic carbocycles. The van der Waals surface area contributed by atoms with Crippen molar-refractivity contribution in [3.8, 4) is 11.5 Å². The molecule has 0 spiro atoms. The Morgan fingerprint density at radius 1 is 0.912 bits per heavy atom. The van der Waals surface area contributed by atoms with E-state index in [2.05, 4.69) is 13.2 Å². The zero-order valence-corrected chi connectivity index (χ0v) is 20.3. The van der Waals surface area contributed by atoms with E-state index in [1.54, 1.807) is 38.1 Å². The molecular formula is C24H28O9S. The maximum atomic E-state index is 12.2. The number of hydrogen-bond donors (Lipinski definition) is 1. The Labute approximate surface area is 198 Å². The summed E-state index contributed by atoms with van der Waals surface area (Å²) in [6.45, 7) is 12.9. The SMILES string of the molecule is C=C(C)C(=O)OC(C)COc1cc(S(=O)(=O)O)c(OCC(C)OC(=O)C(=C)C)c2ccccc12. The van der Waals surface area contributed by atoms with Gasteiger partial charge in [-0.1, -0.05) is 37.4 Å². The molecule has 1 N–H and O–H groups in total. The predicted octanol–water partition coefficient (Wildman–Crippen LogP) is 3.86.